The monoisotopic (exact) mass is 263 g/mol. The second-order valence-corrected chi connectivity index (χ2v) is 5.87. The minimum atomic E-state index is -0.824. The van der Waals surface area contributed by atoms with Crippen LogP contribution in [0.15, 0.2) is 12.1 Å². The third-order valence-electron chi connectivity index (χ3n) is 3.75. The highest BCUT2D eigenvalue weighted by molar-refractivity contribution is 5.74. The largest absolute Gasteiger partial charge is 0.481 e. The van der Waals surface area contributed by atoms with Crippen molar-refractivity contribution in [2.75, 3.05) is 11.9 Å². The van der Waals surface area contributed by atoms with Gasteiger partial charge in [-0.1, -0.05) is 12.8 Å². The summed E-state index contributed by atoms with van der Waals surface area (Å²) in [6, 6.07) is 3.89. The Balaban J connectivity index is 1.93. The van der Waals surface area contributed by atoms with Crippen LogP contribution in [0.3, 0.4) is 0 Å². The van der Waals surface area contributed by atoms with Gasteiger partial charge >= 0.3 is 5.97 Å². The lowest BCUT2D eigenvalue weighted by molar-refractivity contribution is -0.146. The summed E-state index contributed by atoms with van der Waals surface area (Å²) in [7, 11) is 0. The molecule has 0 aromatic carbocycles. The molecule has 0 aliphatic heterocycles. The molecule has 1 aliphatic carbocycles. The van der Waals surface area contributed by atoms with Gasteiger partial charge in [0, 0.05) is 12.5 Å². The maximum Gasteiger partial charge on any atom is 0.310 e. The molecule has 5 heteroatoms. The topological polar surface area (TPSA) is 75.1 Å². The fourth-order valence-corrected chi connectivity index (χ4v) is 2.26. The van der Waals surface area contributed by atoms with E-state index in [0.717, 1.165) is 5.69 Å². The Morgan fingerprint density at radius 3 is 2.58 bits per heavy atom. The van der Waals surface area contributed by atoms with Gasteiger partial charge in [0.25, 0.3) is 0 Å². The average Bonchev–Trinajstić information content (AvgIpc) is 2.91. The van der Waals surface area contributed by atoms with Gasteiger partial charge in [-0.25, -0.2) is 0 Å². The van der Waals surface area contributed by atoms with E-state index in [9.17, 15) is 4.79 Å². The van der Waals surface area contributed by atoms with Crippen LogP contribution in [-0.2, 0) is 4.79 Å². The first kappa shape index (κ1) is 13.8. The van der Waals surface area contributed by atoms with Crippen molar-refractivity contribution in [3.05, 3.63) is 17.8 Å². The minimum absolute atomic E-state index is 0.333. The Bertz CT molecular complexity index is 437. The van der Waals surface area contributed by atoms with Gasteiger partial charge in [0.1, 0.15) is 5.82 Å². The molecule has 1 aromatic rings. The second kappa shape index (κ2) is 5.55. The first-order valence-corrected chi connectivity index (χ1v) is 6.80. The van der Waals surface area contributed by atoms with Gasteiger partial charge in [0.05, 0.1) is 11.1 Å². The fourth-order valence-electron chi connectivity index (χ4n) is 2.26. The maximum atomic E-state index is 11.0. The van der Waals surface area contributed by atoms with Crippen LogP contribution in [-0.4, -0.2) is 27.8 Å². The van der Waals surface area contributed by atoms with Crippen molar-refractivity contribution >= 4 is 11.8 Å². The van der Waals surface area contributed by atoms with Crippen molar-refractivity contribution in [1.82, 2.24) is 10.2 Å². The number of hydrogen-bond acceptors (Lipinski definition) is 4. The summed E-state index contributed by atoms with van der Waals surface area (Å²) in [6.07, 6.45) is 4.96. The van der Waals surface area contributed by atoms with E-state index in [1.807, 2.05) is 12.1 Å². The number of aliphatic carboxylic acids is 1. The third-order valence-corrected chi connectivity index (χ3v) is 3.75. The smallest absolute Gasteiger partial charge is 0.310 e. The molecule has 0 saturated heterocycles. The Morgan fingerprint density at radius 2 is 2.05 bits per heavy atom. The molecule has 1 fully saturated rings. The Morgan fingerprint density at radius 1 is 1.37 bits per heavy atom. The summed E-state index contributed by atoms with van der Waals surface area (Å²) >= 11 is 0. The quantitative estimate of drug-likeness (QED) is 0.854. The lowest BCUT2D eigenvalue weighted by Gasteiger charge is -2.19. The molecule has 0 amide bonds. The molecular formula is C14H21N3O2. The Hall–Kier alpha value is -1.65. The summed E-state index contributed by atoms with van der Waals surface area (Å²) in [5.41, 5.74) is 0.242. The van der Waals surface area contributed by atoms with E-state index in [1.54, 1.807) is 13.8 Å². The summed E-state index contributed by atoms with van der Waals surface area (Å²) in [5, 5.41) is 20.4. The van der Waals surface area contributed by atoms with Crippen molar-refractivity contribution in [2.45, 2.75) is 45.4 Å². The molecule has 2 N–H and O–H groups in total. The van der Waals surface area contributed by atoms with Crippen LogP contribution in [0.5, 0.6) is 0 Å². The SMILES string of the molecule is CC(C)(CNc1ccc(C2CCCC2)nn1)C(=O)O. The highest BCUT2D eigenvalue weighted by atomic mass is 16.4. The molecule has 0 unspecified atom stereocenters. The van der Waals surface area contributed by atoms with Gasteiger partial charge in [-0.3, -0.25) is 4.79 Å². The highest BCUT2D eigenvalue weighted by Crippen LogP contribution is 2.32. The molecule has 19 heavy (non-hydrogen) atoms. The zero-order valence-electron chi connectivity index (χ0n) is 11.5. The van der Waals surface area contributed by atoms with Crippen LogP contribution < -0.4 is 5.32 Å². The number of carbonyl (C=O) groups is 1. The number of hydrogen-bond donors (Lipinski definition) is 2. The number of aromatic nitrogens is 2. The van der Waals surface area contributed by atoms with Gasteiger partial charge in [0.15, 0.2) is 0 Å². The van der Waals surface area contributed by atoms with Crippen molar-refractivity contribution in [2.24, 2.45) is 5.41 Å². The molecular weight excluding hydrogens is 242 g/mol. The number of carboxylic acid groups (broad SMARTS) is 1. The molecule has 104 valence electrons. The van der Waals surface area contributed by atoms with Gasteiger partial charge in [-0.2, -0.15) is 5.10 Å². The first-order valence-electron chi connectivity index (χ1n) is 6.80. The summed E-state index contributed by atoms with van der Waals surface area (Å²) in [6.45, 7) is 3.70. The van der Waals surface area contributed by atoms with E-state index in [1.165, 1.54) is 25.7 Å². The molecule has 2 rings (SSSR count). The highest BCUT2D eigenvalue weighted by Gasteiger charge is 2.27. The van der Waals surface area contributed by atoms with Crippen molar-refractivity contribution in [1.29, 1.82) is 0 Å². The molecule has 0 bridgehead atoms. The zero-order valence-corrected chi connectivity index (χ0v) is 11.5. The Labute approximate surface area is 113 Å². The molecule has 0 atom stereocenters. The van der Waals surface area contributed by atoms with Gasteiger partial charge in [0.2, 0.25) is 0 Å². The standard InChI is InChI=1S/C14H21N3O2/c1-14(2,13(18)19)9-15-12-8-7-11(16-17-12)10-5-3-4-6-10/h7-8,10H,3-6,9H2,1-2H3,(H,15,17)(H,18,19). The number of nitrogens with one attached hydrogen (secondary N) is 1. The molecule has 1 saturated carbocycles. The predicted molar refractivity (Wildman–Crippen MR) is 73.1 cm³/mol. The van der Waals surface area contributed by atoms with Gasteiger partial charge in [-0.05, 0) is 38.8 Å². The average molecular weight is 263 g/mol. The van der Waals surface area contributed by atoms with Gasteiger partial charge < -0.3 is 10.4 Å². The zero-order chi connectivity index (χ0) is 13.9. The van der Waals surface area contributed by atoms with E-state index >= 15 is 0 Å². The van der Waals surface area contributed by atoms with Crippen molar-refractivity contribution in [3.63, 3.8) is 0 Å². The molecule has 1 aliphatic rings. The molecule has 0 radical (unpaired) electrons. The Kier molecular flexibility index (Phi) is 4.02. The first-order chi connectivity index (χ1) is 8.99. The van der Waals surface area contributed by atoms with Crippen molar-refractivity contribution in [3.8, 4) is 0 Å². The van der Waals surface area contributed by atoms with E-state index in [-0.39, 0.29) is 0 Å². The summed E-state index contributed by atoms with van der Waals surface area (Å²) < 4.78 is 0. The molecule has 0 spiro atoms. The number of carboxylic acids is 1. The van der Waals surface area contributed by atoms with Crippen LogP contribution >= 0.6 is 0 Å². The third kappa shape index (κ3) is 3.43. The van der Waals surface area contributed by atoms with Crippen LogP contribution in [0.1, 0.15) is 51.1 Å². The van der Waals surface area contributed by atoms with E-state index in [0.29, 0.717) is 18.3 Å². The van der Waals surface area contributed by atoms with Crippen molar-refractivity contribution < 1.29 is 9.90 Å². The molecule has 1 aromatic heterocycles. The predicted octanol–water partition coefficient (Wildman–Crippen LogP) is 2.66. The van der Waals surface area contributed by atoms with Gasteiger partial charge in [-0.15, -0.1) is 5.10 Å². The van der Waals surface area contributed by atoms with Crippen LogP contribution in [0.2, 0.25) is 0 Å². The van der Waals surface area contributed by atoms with Crippen LogP contribution in [0.4, 0.5) is 5.82 Å². The summed E-state index contributed by atoms with van der Waals surface area (Å²) in [5.74, 6) is 0.364. The lowest BCUT2D eigenvalue weighted by atomic mass is 9.94. The maximum absolute atomic E-state index is 11.0. The fraction of sp³-hybridized carbons (Fsp3) is 0.643. The van der Waals surface area contributed by atoms with Crippen LogP contribution in [0, 0.1) is 5.41 Å². The number of nitrogens with zero attached hydrogens (tertiary/aromatic N) is 2. The van der Waals surface area contributed by atoms with E-state index in [4.69, 9.17) is 5.11 Å². The minimum Gasteiger partial charge on any atom is -0.481 e. The molecule has 5 nitrogen and oxygen atoms in total. The normalized spacial score (nSPS) is 16.5. The van der Waals surface area contributed by atoms with E-state index in [2.05, 4.69) is 15.5 Å². The van der Waals surface area contributed by atoms with E-state index < -0.39 is 11.4 Å². The molecule has 1 heterocycles. The number of rotatable bonds is 5. The second-order valence-electron chi connectivity index (χ2n) is 5.87. The van der Waals surface area contributed by atoms with Crippen LogP contribution in [0.25, 0.3) is 0 Å². The number of anilines is 1. The summed E-state index contributed by atoms with van der Waals surface area (Å²) in [4.78, 5) is 11.0. The lowest BCUT2D eigenvalue weighted by Crippen LogP contribution is -2.32.